The van der Waals surface area contributed by atoms with Gasteiger partial charge in [-0.05, 0) is 57.3 Å². The van der Waals surface area contributed by atoms with Crippen molar-refractivity contribution in [3.05, 3.63) is 112 Å². The number of alkyl carbamates (subject to hydrolysis) is 1. The van der Waals surface area contributed by atoms with E-state index >= 15 is 0 Å². The van der Waals surface area contributed by atoms with E-state index in [0.29, 0.717) is 17.7 Å². The first-order chi connectivity index (χ1) is 23.9. The molecule has 1 heterocycles. The number of nitrogens with zero attached hydrogens (tertiary/aromatic N) is 3. The Morgan fingerprint density at radius 2 is 1.68 bits per heavy atom. The van der Waals surface area contributed by atoms with Crippen LogP contribution in [0.1, 0.15) is 40.9 Å². The molecule has 0 aliphatic carbocycles. The highest BCUT2D eigenvalue weighted by Crippen LogP contribution is 2.24. The van der Waals surface area contributed by atoms with Crippen LogP contribution >= 0.6 is 0 Å². The second-order valence-electron chi connectivity index (χ2n) is 12.0. The van der Waals surface area contributed by atoms with E-state index in [1.165, 1.54) is 16.8 Å². The Hall–Kier alpha value is -6.02. The van der Waals surface area contributed by atoms with Crippen LogP contribution in [-0.2, 0) is 34.0 Å². The number of carbonyl (C=O) groups is 3. The molecule has 4 aromatic rings. The van der Waals surface area contributed by atoms with Gasteiger partial charge in [-0.1, -0.05) is 54.6 Å². The minimum atomic E-state index is -0.748. The zero-order valence-corrected chi connectivity index (χ0v) is 28.5. The van der Waals surface area contributed by atoms with Crippen LogP contribution in [0, 0.1) is 5.41 Å². The predicted octanol–water partition coefficient (Wildman–Crippen LogP) is 3.60. The maximum Gasteiger partial charge on any atom is 0.413 e. The topological polar surface area (TPSA) is 194 Å². The van der Waals surface area contributed by atoms with Gasteiger partial charge in [0.25, 0.3) is 5.56 Å². The van der Waals surface area contributed by atoms with Crippen LogP contribution in [0.3, 0.4) is 0 Å². The normalized spacial score (nSPS) is 10.8. The number of esters is 1. The summed E-state index contributed by atoms with van der Waals surface area (Å²) in [4.78, 5) is 57.9. The molecule has 1 aromatic heterocycles. The number of benzene rings is 3. The molecule has 14 heteroatoms. The Kier molecular flexibility index (Phi) is 12.8. The van der Waals surface area contributed by atoms with Gasteiger partial charge >= 0.3 is 12.1 Å². The maximum atomic E-state index is 13.6. The lowest BCUT2D eigenvalue weighted by Gasteiger charge is -2.17. The zero-order valence-electron chi connectivity index (χ0n) is 28.5. The van der Waals surface area contributed by atoms with Crippen molar-refractivity contribution in [3.63, 3.8) is 0 Å². The average Bonchev–Trinajstić information content (AvgIpc) is 3.08. The maximum absolute atomic E-state index is 13.6. The number of aromatic nitrogens is 2. The highest BCUT2D eigenvalue weighted by molar-refractivity contribution is 6.04. The average molecular weight is 683 g/mol. The fraction of sp³-hybridized carbons (Fsp3) is 0.278. The molecule has 0 atom stereocenters. The molecular weight excluding hydrogens is 640 g/mol. The van der Waals surface area contributed by atoms with Crippen LogP contribution in [-0.4, -0.2) is 71.5 Å². The summed E-state index contributed by atoms with van der Waals surface area (Å²) in [7, 11) is 3.73. The van der Waals surface area contributed by atoms with Gasteiger partial charge in [-0.15, -0.1) is 0 Å². The number of carbonyl (C=O) groups excluding carboxylic acids is 3. The minimum absolute atomic E-state index is 0.0689. The highest BCUT2D eigenvalue weighted by Gasteiger charge is 2.18. The predicted molar refractivity (Wildman–Crippen MR) is 191 cm³/mol. The monoisotopic (exact) mass is 682 g/mol. The van der Waals surface area contributed by atoms with Gasteiger partial charge in [-0.25, -0.2) is 14.6 Å². The molecule has 0 fully saturated rings. The molecule has 0 bridgehead atoms. The summed E-state index contributed by atoms with van der Waals surface area (Å²) in [5, 5.41) is 16.4. The zero-order chi connectivity index (χ0) is 36.2. The van der Waals surface area contributed by atoms with Crippen molar-refractivity contribution in [2.24, 2.45) is 0 Å². The van der Waals surface area contributed by atoms with Crippen LogP contribution in [0.25, 0.3) is 11.3 Å². The van der Waals surface area contributed by atoms with E-state index in [-0.39, 0.29) is 60.9 Å². The van der Waals surface area contributed by atoms with E-state index in [4.69, 9.17) is 20.6 Å². The van der Waals surface area contributed by atoms with E-state index in [0.717, 1.165) is 11.1 Å². The number of hydrogen-bond donors (Lipinski definition) is 5. The smallest absolute Gasteiger partial charge is 0.413 e. The van der Waals surface area contributed by atoms with Gasteiger partial charge in [-0.2, -0.15) is 0 Å². The number of hydrogen-bond acceptors (Lipinski definition) is 11. The van der Waals surface area contributed by atoms with Crippen molar-refractivity contribution in [2.45, 2.75) is 39.6 Å². The van der Waals surface area contributed by atoms with Crippen molar-refractivity contribution >= 4 is 35.3 Å². The molecule has 0 saturated carbocycles. The number of rotatable bonds is 14. The molecule has 6 N–H and O–H groups in total. The summed E-state index contributed by atoms with van der Waals surface area (Å²) >= 11 is 0. The Balaban J connectivity index is 1.44. The number of nitrogen functional groups attached to an aromatic ring is 1. The van der Waals surface area contributed by atoms with Gasteiger partial charge < -0.3 is 30.7 Å². The van der Waals surface area contributed by atoms with E-state index < -0.39 is 23.5 Å². The van der Waals surface area contributed by atoms with Gasteiger partial charge in [0, 0.05) is 35.9 Å². The first-order valence-electron chi connectivity index (χ1n) is 15.9. The largest absolute Gasteiger partial charge is 0.461 e. The minimum Gasteiger partial charge on any atom is -0.461 e. The Morgan fingerprint density at radius 1 is 0.960 bits per heavy atom. The quantitative estimate of drug-likeness (QED) is 0.0568. The van der Waals surface area contributed by atoms with Crippen LogP contribution in [0.2, 0.25) is 0 Å². The molecule has 262 valence electrons. The highest BCUT2D eigenvalue weighted by atomic mass is 16.5. The molecule has 0 spiro atoms. The standard InChI is InChI=1S/C36H42N8O6/c1-23(2)41-33-34(46)44(30(20-40-33)27-16-28(18-29(37)17-27)35(47)49-15-14-43(3)4)21-31(45)39-19-24-10-12-26(13-11-24)32(38)42-36(48)50-22-25-8-6-5-7-9-25/h5-13,16-18,20,23H,14-15,19,21-22,37H2,1-4H3,(H,39,45)(H,40,41)(H2,38,42,48). The number of anilines is 2. The third-order valence-corrected chi connectivity index (χ3v) is 7.21. The summed E-state index contributed by atoms with van der Waals surface area (Å²) in [6.07, 6.45) is 0.705. The third kappa shape index (κ3) is 10.8. The summed E-state index contributed by atoms with van der Waals surface area (Å²) in [6.45, 7) is 4.31. The van der Waals surface area contributed by atoms with Crippen LogP contribution in [0.15, 0.2) is 83.8 Å². The van der Waals surface area contributed by atoms with Crippen LogP contribution in [0.4, 0.5) is 16.3 Å². The molecule has 4 rings (SSSR count). The number of amidine groups is 1. The first kappa shape index (κ1) is 36.8. The fourth-order valence-corrected chi connectivity index (χ4v) is 4.69. The Labute approximate surface area is 290 Å². The Bertz CT molecular complexity index is 1870. The van der Waals surface area contributed by atoms with E-state index in [1.807, 2.05) is 63.2 Å². The lowest BCUT2D eigenvalue weighted by atomic mass is 10.1. The van der Waals surface area contributed by atoms with Crippen molar-refractivity contribution in [1.29, 1.82) is 5.41 Å². The SMILES string of the molecule is CC(C)Nc1ncc(-c2cc(N)cc(C(=O)OCCN(C)C)c2)n(CC(=O)NCc2ccc(C(=N)NC(=O)OCc3ccccc3)cc2)c1=O. The second-order valence-corrected chi connectivity index (χ2v) is 12.0. The molecule has 0 radical (unpaired) electrons. The lowest BCUT2D eigenvalue weighted by Crippen LogP contribution is -2.35. The molecule has 2 amide bonds. The van der Waals surface area contributed by atoms with Crippen molar-refractivity contribution < 1.29 is 23.9 Å². The third-order valence-electron chi connectivity index (χ3n) is 7.21. The van der Waals surface area contributed by atoms with Gasteiger partial charge in [0.2, 0.25) is 5.91 Å². The number of ether oxygens (including phenoxy) is 2. The van der Waals surface area contributed by atoms with E-state index in [2.05, 4.69) is 20.9 Å². The second kappa shape index (κ2) is 17.4. The fourth-order valence-electron chi connectivity index (χ4n) is 4.69. The summed E-state index contributed by atoms with van der Waals surface area (Å²) in [5.74, 6) is -1.10. The number of nitrogens with two attached hydrogens (primary N) is 1. The van der Waals surface area contributed by atoms with Gasteiger partial charge in [0.15, 0.2) is 5.82 Å². The molecule has 0 saturated heterocycles. The van der Waals surface area contributed by atoms with Crippen LogP contribution in [0.5, 0.6) is 0 Å². The lowest BCUT2D eigenvalue weighted by molar-refractivity contribution is -0.121. The van der Waals surface area contributed by atoms with E-state index in [9.17, 15) is 19.2 Å². The summed E-state index contributed by atoms with van der Waals surface area (Å²) < 4.78 is 11.8. The molecule has 0 aliphatic rings. The van der Waals surface area contributed by atoms with Gasteiger partial charge in [-0.3, -0.25) is 24.9 Å². The molecule has 0 unspecified atom stereocenters. The van der Waals surface area contributed by atoms with Gasteiger partial charge in [0.1, 0.15) is 25.6 Å². The first-order valence-corrected chi connectivity index (χ1v) is 15.9. The van der Waals surface area contributed by atoms with E-state index in [1.54, 1.807) is 36.4 Å². The number of likely N-dealkylation sites (N-methyl/N-ethyl adjacent to an activating group) is 1. The van der Waals surface area contributed by atoms with Crippen molar-refractivity contribution in [2.75, 3.05) is 38.3 Å². The van der Waals surface area contributed by atoms with Crippen molar-refractivity contribution in [3.8, 4) is 11.3 Å². The molecule has 50 heavy (non-hydrogen) atoms. The number of amides is 2. The van der Waals surface area contributed by atoms with Crippen LogP contribution < -0.4 is 27.2 Å². The summed E-state index contributed by atoms with van der Waals surface area (Å²) in [5.41, 5.74) is 8.76. The molecule has 0 aliphatic heterocycles. The molecule has 14 nitrogen and oxygen atoms in total. The molecular formula is C36H42N8O6. The summed E-state index contributed by atoms with van der Waals surface area (Å²) in [6, 6.07) is 20.4. The number of nitrogens with one attached hydrogen (secondary N) is 4. The molecule has 3 aromatic carbocycles. The van der Waals surface area contributed by atoms with Crippen molar-refractivity contribution in [1.82, 2.24) is 25.1 Å². The van der Waals surface area contributed by atoms with Gasteiger partial charge in [0.05, 0.1) is 17.5 Å². The Morgan fingerprint density at radius 3 is 2.36 bits per heavy atom.